The highest BCUT2D eigenvalue weighted by Gasteiger charge is 2.12. The zero-order chi connectivity index (χ0) is 8.85. The van der Waals surface area contributed by atoms with Crippen LogP contribution in [0.3, 0.4) is 0 Å². The maximum Gasteiger partial charge on any atom is 0.135 e. The normalized spacial score (nSPS) is 13.5. The summed E-state index contributed by atoms with van der Waals surface area (Å²) in [4.78, 5) is 10.8. The maximum atomic E-state index is 10.8. The van der Waals surface area contributed by atoms with Crippen molar-refractivity contribution in [2.75, 3.05) is 6.61 Å². The second kappa shape index (κ2) is 5.30. The number of hydrogen-bond donors (Lipinski definition) is 1. The molecule has 0 radical (unpaired) electrons. The Morgan fingerprint density at radius 3 is 2.18 bits per heavy atom. The number of ketones is 1. The van der Waals surface area contributed by atoms with Gasteiger partial charge in [0.25, 0.3) is 0 Å². The quantitative estimate of drug-likeness (QED) is 0.660. The van der Waals surface area contributed by atoms with E-state index in [-0.39, 0.29) is 18.3 Å². The van der Waals surface area contributed by atoms with Gasteiger partial charge in [-0.1, -0.05) is 20.3 Å². The molecule has 0 saturated heterocycles. The van der Waals surface area contributed by atoms with Gasteiger partial charge in [0.2, 0.25) is 0 Å². The van der Waals surface area contributed by atoms with Crippen LogP contribution in [-0.2, 0) is 4.79 Å². The highest BCUT2D eigenvalue weighted by atomic mass is 16.3. The molecule has 0 aliphatic rings. The number of carbonyl (C=O) groups is 1. The molecule has 0 saturated carbocycles. The molecule has 1 atom stereocenters. The predicted octanol–water partition coefficient (Wildman–Crippen LogP) is 1.62. The molecule has 0 fully saturated rings. The number of hydrogen-bond acceptors (Lipinski definition) is 2. The summed E-state index contributed by atoms with van der Waals surface area (Å²) in [5, 5.41) is 8.79. The van der Waals surface area contributed by atoms with Gasteiger partial charge in [0.1, 0.15) is 5.78 Å². The molecule has 0 amide bonds. The molecule has 0 rings (SSSR count). The summed E-state index contributed by atoms with van der Waals surface area (Å²) in [6.45, 7) is 5.78. The lowest BCUT2D eigenvalue weighted by Crippen LogP contribution is -2.15. The fourth-order valence-electron chi connectivity index (χ4n) is 0.958. The van der Waals surface area contributed by atoms with Crippen molar-refractivity contribution in [3.8, 4) is 0 Å². The number of aliphatic hydroxyl groups is 1. The topological polar surface area (TPSA) is 37.3 Å². The van der Waals surface area contributed by atoms with Crippen LogP contribution < -0.4 is 0 Å². The van der Waals surface area contributed by atoms with Crippen LogP contribution >= 0.6 is 0 Å². The Kier molecular flexibility index (Phi) is 5.12. The van der Waals surface area contributed by atoms with Gasteiger partial charge in [-0.3, -0.25) is 4.79 Å². The number of rotatable bonds is 5. The van der Waals surface area contributed by atoms with Gasteiger partial charge in [0.15, 0.2) is 0 Å². The zero-order valence-electron chi connectivity index (χ0n) is 7.63. The van der Waals surface area contributed by atoms with E-state index in [1.54, 1.807) is 6.92 Å². The van der Waals surface area contributed by atoms with Gasteiger partial charge in [0, 0.05) is 5.92 Å². The van der Waals surface area contributed by atoms with Gasteiger partial charge >= 0.3 is 0 Å². The average Bonchev–Trinajstić information content (AvgIpc) is 1.87. The molecule has 0 heterocycles. The van der Waals surface area contributed by atoms with Crippen molar-refractivity contribution in [3.05, 3.63) is 0 Å². The summed E-state index contributed by atoms with van der Waals surface area (Å²) >= 11 is 0. The molecule has 0 unspecified atom stereocenters. The zero-order valence-corrected chi connectivity index (χ0v) is 7.63. The summed E-state index contributed by atoms with van der Waals surface area (Å²) < 4.78 is 0. The molecule has 2 nitrogen and oxygen atoms in total. The molecule has 0 aliphatic carbocycles. The Morgan fingerprint density at radius 2 is 1.91 bits per heavy atom. The number of carbonyl (C=O) groups excluding carboxylic acids is 1. The van der Waals surface area contributed by atoms with Gasteiger partial charge in [0.05, 0.1) is 6.61 Å². The van der Waals surface area contributed by atoms with Gasteiger partial charge in [-0.2, -0.15) is 0 Å². The van der Waals surface area contributed by atoms with Crippen LogP contribution in [0, 0.1) is 11.8 Å². The first-order chi connectivity index (χ1) is 5.07. The van der Waals surface area contributed by atoms with E-state index < -0.39 is 0 Å². The maximum absolute atomic E-state index is 10.8. The van der Waals surface area contributed by atoms with Gasteiger partial charge < -0.3 is 5.11 Å². The molecule has 1 N–H and O–H groups in total. The van der Waals surface area contributed by atoms with E-state index in [1.165, 1.54) is 0 Å². The van der Waals surface area contributed by atoms with Crippen molar-refractivity contribution in [2.24, 2.45) is 11.8 Å². The minimum atomic E-state index is -0.127. The minimum Gasteiger partial charge on any atom is -0.396 e. The Bertz CT molecular complexity index is 119. The van der Waals surface area contributed by atoms with Crippen LogP contribution in [-0.4, -0.2) is 17.5 Å². The lowest BCUT2D eigenvalue weighted by atomic mass is 9.96. The average molecular weight is 158 g/mol. The Morgan fingerprint density at radius 1 is 1.36 bits per heavy atom. The van der Waals surface area contributed by atoms with Crippen LogP contribution in [0.2, 0.25) is 0 Å². The highest BCUT2D eigenvalue weighted by Crippen LogP contribution is 2.12. The van der Waals surface area contributed by atoms with E-state index in [1.807, 2.05) is 0 Å². The molecular weight excluding hydrogens is 140 g/mol. The van der Waals surface area contributed by atoms with Gasteiger partial charge in [-0.25, -0.2) is 0 Å². The monoisotopic (exact) mass is 158 g/mol. The van der Waals surface area contributed by atoms with E-state index in [0.29, 0.717) is 5.92 Å². The minimum absolute atomic E-state index is 0.00204. The second-order valence-corrected chi connectivity index (χ2v) is 3.46. The van der Waals surface area contributed by atoms with Crippen molar-refractivity contribution >= 4 is 5.78 Å². The van der Waals surface area contributed by atoms with Crippen molar-refractivity contribution in [1.82, 2.24) is 0 Å². The van der Waals surface area contributed by atoms with E-state index in [2.05, 4.69) is 13.8 Å². The largest absolute Gasteiger partial charge is 0.396 e. The molecule has 0 aromatic heterocycles. The van der Waals surface area contributed by atoms with Crippen molar-refractivity contribution in [1.29, 1.82) is 0 Å². The Hall–Kier alpha value is -0.370. The summed E-state index contributed by atoms with van der Waals surface area (Å²) in [5.74, 6) is 0.592. The Balaban J connectivity index is 3.61. The molecule has 0 aromatic rings. The van der Waals surface area contributed by atoms with Crippen molar-refractivity contribution < 1.29 is 9.90 Å². The predicted molar refractivity (Wildman–Crippen MR) is 45.3 cm³/mol. The van der Waals surface area contributed by atoms with Crippen LogP contribution in [0.1, 0.15) is 33.6 Å². The smallest absolute Gasteiger partial charge is 0.135 e. The highest BCUT2D eigenvalue weighted by molar-refractivity contribution is 5.78. The van der Waals surface area contributed by atoms with E-state index in [0.717, 1.165) is 12.8 Å². The van der Waals surface area contributed by atoms with Crippen LogP contribution in [0.4, 0.5) is 0 Å². The third-order valence-corrected chi connectivity index (χ3v) is 1.89. The molecule has 0 bridgehead atoms. The molecule has 0 aliphatic heterocycles. The summed E-state index contributed by atoms with van der Waals surface area (Å²) in [6.07, 6.45) is 1.84. The van der Waals surface area contributed by atoms with E-state index >= 15 is 0 Å². The van der Waals surface area contributed by atoms with E-state index in [4.69, 9.17) is 5.11 Å². The molecular formula is C9H18O2. The molecule has 0 aromatic carbocycles. The lowest BCUT2D eigenvalue weighted by Gasteiger charge is -2.11. The molecule has 11 heavy (non-hydrogen) atoms. The molecule has 66 valence electrons. The van der Waals surface area contributed by atoms with Crippen LogP contribution in [0.25, 0.3) is 0 Å². The van der Waals surface area contributed by atoms with Crippen molar-refractivity contribution in [2.45, 2.75) is 33.6 Å². The molecule has 0 spiro atoms. The first-order valence-corrected chi connectivity index (χ1v) is 4.19. The van der Waals surface area contributed by atoms with Gasteiger partial charge in [-0.05, 0) is 19.3 Å². The number of Topliss-reactive ketones (excluding diaryl/α,β-unsaturated/α-hetero) is 1. The Labute approximate surface area is 68.6 Å². The van der Waals surface area contributed by atoms with E-state index in [9.17, 15) is 4.79 Å². The van der Waals surface area contributed by atoms with Crippen LogP contribution in [0.15, 0.2) is 0 Å². The van der Waals surface area contributed by atoms with Crippen molar-refractivity contribution in [3.63, 3.8) is 0 Å². The third-order valence-electron chi connectivity index (χ3n) is 1.89. The summed E-state index contributed by atoms with van der Waals surface area (Å²) in [6, 6.07) is 0. The fraction of sp³-hybridized carbons (Fsp3) is 0.889. The standard InChI is InChI=1S/C9H18O2/c1-7(2)4-5-9(6-10)8(3)11/h7,9-10H,4-6H2,1-3H3/t9-/m0/s1. The SMILES string of the molecule is CC(=O)[C@H](CO)CCC(C)C. The lowest BCUT2D eigenvalue weighted by molar-refractivity contribution is -0.122. The van der Waals surface area contributed by atoms with Crippen LogP contribution in [0.5, 0.6) is 0 Å². The first-order valence-electron chi connectivity index (χ1n) is 4.19. The summed E-state index contributed by atoms with van der Waals surface area (Å²) in [7, 11) is 0. The first kappa shape index (κ1) is 10.6. The van der Waals surface area contributed by atoms with Gasteiger partial charge in [-0.15, -0.1) is 0 Å². The third kappa shape index (κ3) is 4.96. The fourth-order valence-corrected chi connectivity index (χ4v) is 0.958. The number of aliphatic hydroxyl groups excluding tert-OH is 1. The molecule has 2 heteroatoms. The summed E-state index contributed by atoms with van der Waals surface area (Å²) in [5.41, 5.74) is 0. The second-order valence-electron chi connectivity index (χ2n) is 3.46.